The molecule has 0 spiro atoms. The molecule has 0 radical (unpaired) electrons. The number of amides is 1. The molecule has 4 aromatic rings. The van der Waals surface area contributed by atoms with Gasteiger partial charge in [0.05, 0.1) is 35.5 Å². The Morgan fingerprint density at radius 1 is 1.06 bits per heavy atom. The van der Waals surface area contributed by atoms with E-state index in [0.717, 1.165) is 40.4 Å². The molecule has 3 aromatic heterocycles. The monoisotopic (exact) mass is 440 g/mol. The van der Waals surface area contributed by atoms with Crippen molar-refractivity contribution in [2.45, 2.75) is 39.7 Å². The average molecular weight is 441 g/mol. The molecule has 33 heavy (non-hydrogen) atoms. The second kappa shape index (κ2) is 8.85. The Morgan fingerprint density at radius 2 is 1.94 bits per heavy atom. The maximum absolute atomic E-state index is 13.1. The first-order chi connectivity index (χ1) is 16.0. The Bertz CT molecular complexity index is 1280. The summed E-state index contributed by atoms with van der Waals surface area (Å²) in [5, 5.41) is 15.2. The maximum atomic E-state index is 13.1. The number of nitrogens with one attached hydrogen (secondary N) is 1. The lowest BCUT2D eigenvalue weighted by Gasteiger charge is -2.11. The van der Waals surface area contributed by atoms with Gasteiger partial charge in [0, 0.05) is 29.9 Å². The number of pyridine rings is 1. The Kier molecular flexibility index (Phi) is 5.60. The minimum Gasteiger partial charge on any atom is -0.346 e. The number of hydrogen-bond donors (Lipinski definition) is 1. The highest BCUT2D eigenvalue weighted by atomic mass is 16.1. The second-order valence-electron chi connectivity index (χ2n) is 8.48. The molecular formula is C24H24N8O. The van der Waals surface area contributed by atoms with E-state index in [1.54, 1.807) is 23.1 Å². The topological polar surface area (TPSA) is 111 Å². The van der Waals surface area contributed by atoms with E-state index in [1.807, 2.05) is 44.3 Å². The van der Waals surface area contributed by atoms with Crippen molar-refractivity contribution in [2.75, 3.05) is 0 Å². The van der Waals surface area contributed by atoms with E-state index in [2.05, 4.69) is 35.8 Å². The number of hydrogen-bond acceptors (Lipinski definition) is 7. The average Bonchev–Trinajstić information content (AvgIpc) is 3.53. The van der Waals surface area contributed by atoms with Gasteiger partial charge in [0.1, 0.15) is 0 Å². The third-order valence-corrected chi connectivity index (χ3v) is 5.60. The number of rotatable bonds is 7. The Morgan fingerprint density at radius 3 is 2.67 bits per heavy atom. The number of nitrogens with zero attached hydrogens (tertiary/aromatic N) is 7. The van der Waals surface area contributed by atoms with Crippen LogP contribution >= 0.6 is 0 Å². The van der Waals surface area contributed by atoms with Crippen LogP contribution in [0.25, 0.3) is 16.9 Å². The summed E-state index contributed by atoms with van der Waals surface area (Å²) in [6, 6.07) is 9.55. The van der Waals surface area contributed by atoms with E-state index in [0.29, 0.717) is 17.2 Å². The Balaban J connectivity index is 1.48. The van der Waals surface area contributed by atoms with Crippen molar-refractivity contribution < 1.29 is 4.79 Å². The van der Waals surface area contributed by atoms with Crippen molar-refractivity contribution in [3.05, 3.63) is 77.3 Å². The van der Waals surface area contributed by atoms with Gasteiger partial charge >= 0.3 is 0 Å². The lowest BCUT2D eigenvalue weighted by atomic mass is 10.0. The van der Waals surface area contributed by atoms with Crippen molar-refractivity contribution in [3.8, 4) is 16.9 Å². The molecule has 0 unspecified atom stereocenters. The summed E-state index contributed by atoms with van der Waals surface area (Å²) in [5.74, 6) is 1.22. The normalized spacial score (nSPS) is 13.2. The minimum absolute atomic E-state index is 0.218. The second-order valence-corrected chi connectivity index (χ2v) is 8.48. The molecule has 5 rings (SSSR count). The third-order valence-electron chi connectivity index (χ3n) is 5.60. The molecule has 0 bridgehead atoms. The summed E-state index contributed by atoms with van der Waals surface area (Å²) in [6.45, 7) is 4.15. The van der Waals surface area contributed by atoms with E-state index in [9.17, 15) is 4.79 Å². The van der Waals surface area contributed by atoms with Crippen molar-refractivity contribution in [2.24, 2.45) is 5.92 Å². The van der Waals surface area contributed by atoms with E-state index >= 15 is 0 Å². The summed E-state index contributed by atoms with van der Waals surface area (Å²) in [5.41, 5.74) is 5.42. The van der Waals surface area contributed by atoms with Crippen LogP contribution in [0, 0.1) is 19.8 Å². The first-order valence-corrected chi connectivity index (χ1v) is 11.0. The van der Waals surface area contributed by atoms with Gasteiger partial charge in [-0.25, -0.2) is 0 Å². The standard InChI is InChI=1S/C24H24N8O/c1-15-3-6-22(27-11-15)18-8-19(24(33)28-14-20-13-25-16(2)12-26-20)10-21(9-18)32-23(29-30-31-32)7-17-4-5-17/h3,6,8-13,17H,4-5,7,14H2,1-2H3,(H,28,33). The van der Waals surface area contributed by atoms with Crippen LogP contribution in [0.3, 0.4) is 0 Å². The summed E-state index contributed by atoms with van der Waals surface area (Å²) in [4.78, 5) is 26.2. The van der Waals surface area contributed by atoms with Crippen molar-refractivity contribution in [1.29, 1.82) is 0 Å². The van der Waals surface area contributed by atoms with Gasteiger partial charge in [-0.3, -0.25) is 19.7 Å². The molecule has 1 fully saturated rings. The zero-order valence-corrected chi connectivity index (χ0v) is 18.6. The third kappa shape index (κ3) is 4.92. The molecule has 0 aliphatic heterocycles. The van der Waals surface area contributed by atoms with E-state index in [-0.39, 0.29) is 12.5 Å². The van der Waals surface area contributed by atoms with Gasteiger partial charge in [0.15, 0.2) is 5.82 Å². The number of carbonyl (C=O) groups is 1. The highest BCUT2D eigenvalue weighted by Gasteiger charge is 2.25. The van der Waals surface area contributed by atoms with E-state index < -0.39 is 0 Å². The van der Waals surface area contributed by atoms with Crippen molar-refractivity contribution in [1.82, 2.24) is 40.5 Å². The number of tetrazole rings is 1. The Labute approximate surface area is 191 Å². The fourth-order valence-electron chi connectivity index (χ4n) is 3.55. The molecule has 1 aliphatic carbocycles. The number of aromatic nitrogens is 7. The summed E-state index contributed by atoms with van der Waals surface area (Å²) >= 11 is 0. The largest absolute Gasteiger partial charge is 0.346 e. The molecule has 0 saturated heterocycles. The quantitative estimate of drug-likeness (QED) is 0.470. The molecule has 1 saturated carbocycles. The van der Waals surface area contributed by atoms with Crippen LogP contribution < -0.4 is 5.32 Å². The highest BCUT2D eigenvalue weighted by molar-refractivity contribution is 5.96. The summed E-state index contributed by atoms with van der Waals surface area (Å²) in [6.07, 6.45) is 8.40. The first kappa shape index (κ1) is 20.9. The molecule has 166 valence electrons. The van der Waals surface area contributed by atoms with Gasteiger partial charge < -0.3 is 5.32 Å². The summed E-state index contributed by atoms with van der Waals surface area (Å²) < 4.78 is 1.72. The maximum Gasteiger partial charge on any atom is 0.251 e. The molecule has 1 amide bonds. The molecule has 1 N–H and O–H groups in total. The fraction of sp³-hybridized carbons (Fsp3) is 0.292. The van der Waals surface area contributed by atoms with Gasteiger partial charge in [0.2, 0.25) is 0 Å². The summed E-state index contributed by atoms with van der Waals surface area (Å²) in [7, 11) is 0. The Hall–Kier alpha value is -4.01. The lowest BCUT2D eigenvalue weighted by Crippen LogP contribution is -2.23. The molecule has 9 heteroatoms. The fourth-order valence-corrected chi connectivity index (χ4v) is 3.55. The molecule has 1 aromatic carbocycles. The molecule has 1 aliphatic rings. The first-order valence-electron chi connectivity index (χ1n) is 11.0. The van der Waals surface area contributed by atoms with Crippen LogP contribution in [0.1, 0.15) is 46.0 Å². The van der Waals surface area contributed by atoms with Gasteiger partial charge in [-0.05, 0) is 72.9 Å². The van der Waals surface area contributed by atoms with Gasteiger partial charge in [0.25, 0.3) is 5.91 Å². The predicted molar refractivity (Wildman–Crippen MR) is 121 cm³/mol. The molecule has 0 atom stereocenters. The van der Waals surface area contributed by atoms with E-state index in [1.165, 1.54) is 12.8 Å². The molecule has 9 nitrogen and oxygen atoms in total. The van der Waals surface area contributed by atoms with Crippen LogP contribution in [0.15, 0.2) is 48.9 Å². The van der Waals surface area contributed by atoms with Gasteiger partial charge in [-0.15, -0.1) is 5.10 Å². The predicted octanol–water partition coefficient (Wildman–Crippen LogP) is 3.01. The number of aryl methyl sites for hydroxylation is 2. The van der Waals surface area contributed by atoms with Gasteiger partial charge in [-0.2, -0.15) is 4.68 Å². The van der Waals surface area contributed by atoms with Crippen LogP contribution in [0.4, 0.5) is 0 Å². The minimum atomic E-state index is -0.218. The number of carbonyl (C=O) groups excluding carboxylic acids is 1. The molecular weight excluding hydrogens is 416 g/mol. The van der Waals surface area contributed by atoms with Crippen LogP contribution in [-0.4, -0.2) is 41.1 Å². The van der Waals surface area contributed by atoms with Crippen molar-refractivity contribution in [3.63, 3.8) is 0 Å². The molecule has 3 heterocycles. The zero-order chi connectivity index (χ0) is 22.8. The SMILES string of the molecule is Cc1ccc(-c2cc(C(=O)NCc3cnc(C)cn3)cc(-n3nnnc3CC3CC3)c2)nc1. The van der Waals surface area contributed by atoms with Crippen LogP contribution in [0.2, 0.25) is 0 Å². The zero-order valence-electron chi connectivity index (χ0n) is 18.6. The van der Waals surface area contributed by atoms with Gasteiger partial charge in [-0.1, -0.05) is 6.07 Å². The highest BCUT2D eigenvalue weighted by Crippen LogP contribution is 2.32. The smallest absolute Gasteiger partial charge is 0.251 e. The van der Waals surface area contributed by atoms with Crippen LogP contribution in [0.5, 0.6) is 0 Å². The van der Waals surface area contributed by atoms with E-state index in [4.69, 9.17) is 0 Å². The van der Waals surface area contributed by atoms with Crippen molar-refractivity contribution >= 4 is 5.91 Å². The number of benzene rings is 1. The van der Waals surface area contributed by atoms with Crippen LogP contribution in [-0.2, 0) is 13.0 Å². The lowest BCUT2D eigenvalue weighted by molar-refractivity contribution is 0.0950.